The lowest BCUT2D eigenvalue weighted by atomic mass is 10.0. The van der Waals surface area contributed by atoms with E-state index in [1.54, 1.807) is 38.1 Å². The predicted octanol–water partition coefficient (Wildman–Crippen LogP) is 2.17. The molecule has 116 valence electrons. The summed E-state index contributed by atoms with van der Waals surface area (Å²) in [6.45, 7) is 5.99. The molecule has 0 saturated heterocycles. The molecule has 1 aromatic carbocycles. The minimum Gasteiger partial charge on any atom is -0.393 e. The van der Waals surface area contributed by atoms with E-state index in [1.807, 2.05) is 6.92 Å². The smallest absolute Gasteiger partial charge is 0.251 e. The van der Waals surface area contributed by atoms with E-state index in [0.717, 1.165) is 0 Å². The lowest BCUT2D eigenvalue weighted by molar-refractivity contribution is -0.115. The fourth-order valence-electron chi connectivity index (χ4n) is 2.02. The first-order valence-electron chi connectivity index (χ1n) is 7.28. The summed E-state index contributed by atoms with van der Waals surface area (Å²) in [5.41, 5.74) is 1.12. The summed E-state index contributed by atoms with van der Waals surface area (Å²) in [5, 5.41) is 14.9. The van der Waals surface area contributed by atoms with Gasteiger partial charge in [-0.05, 0) is 37.5 Å². The Kier molecular flexibility index (Phi) is 6.88. The Morgan fingerprint density at radius 2 is 2.00 bits per heavy atom. The Hall–Kier alpha value is -1.88. The highest BCUT2D eigenvalue weighted by atomic mass is 16.3. The van der Waals surface area contributed by atoms with Gasteiger partial charge in [-0.3, -0.25) is 9.59 Å². The highest BCUT2D eigenvalue weighted by Crippen LogP contribution is 2.11. The number of aliphatic hydroxyl groups excluding tert-OH is 1. The van der Waals surface area contributed by atoms with Gasteiger partial charge in [0.1, 0.15) is 0 Å². The van der Waals surface area contributed by atoms with Gasteiger partial charge in [0.05, 0.1) is 6.10 Å². The molecule has 21 heavy (non-hydrogen) atoms. The van der Waals surface area contributed by atoms with Crippen LogP contribution in [0.15, 0.2) is 24.3 Å². The number of amides is 2. The zero-order valence-electron chi connectivity index (χ0n) is 12.8. The van der Waals surface area contributed by atoms with Crippen molar-refractivity contribution in [3.8, 4) is 0 Å². The molecule has 0 fully saturated rings. The van der Waals surface area contributed by atoms with Crippen molar-refractivity contribution in [3.63, 3.8) is 0 Å². The Morgan fingerprint density at radius 3 is 2.62 bits per heavy atom. The summed E-state index contributed by atoms with van der Waals surface area (Å²) >= 11 is 0. The van der Waals surface area contributed by atoms with Gasteiger partial charge >= 0.3 is 0 Å². The largest absolute Gasteiger partial charge is 0.393 e. The number of carbonyl (C=O) groups excluding carboxylic acids is 2. The van der Waals surface area contributed by atoms with Crippen LogP contribution in [0.25, 0.3) is 0 Å². The second kappa shape index (κ2) is 8.42. The van der Waals surface area contributed by atoms with Crippen molar-refractivity contribution in [2.45, 2.75) is 39.7 Å². The molecule has 0 aliphatic rings. The topological polar surface area (TPSA) is 78.4 Å². The van der Waals surface area contributed by atoms with E-state index in [0.29, 0.717) is 30.6 Å². The molecule has 0 aromatic heterocycles. The zero-order chi connectivity index (χ0) is 15.8. The summed E-state index contributed by atoms with van der Waals surface area (Å²) in [5.74, 6) is -0.0601. The first-order valence-corrected chi connectivity index (χ1v) is 7.28. The fourth-order valence-corrected chi connectivity index (χ4v) is 2.02. The van der Waals surface area contributed by atoms with Gasteiger partial charge in [-0.1, -0.05) is 19.9 Å². The Morgan fingerprint density at radius 1 is 1.29 bits per heavy atom. The molecule has 0 spiro atoms. The third kappa shape index (κ3) is 6.40. The second-order valence-corrected chi connectivity index (χ2v) is 5.38. The van der Waals surface area contributed by atoms with Crippen molar-refractivity contribution in [1.29, 1.82) is 0 Å². The Balaban J connectivity index is 2.58. The third-order valence-electron chi connectivity index (χ3n) is 3.08. The number of anilines is 1. The molecule has 0 bridgehead atoms. The van der Waals surface area contributed by atoms with Crippen LogP contribution in [0.4, 0.5) is 5.69 Å². The first kappa shape index (κ1) is 17.2. The minimum absolute atomic E-state index is 0.0851. The number of nitrogens with one attached hydrogen (secondary N) is 2. The van der Waals surface area contributed by atoms with Crippen LogP contribution in [0.1, 0.15) is 44.0 Å². The SMILES string of the molecule is CCC(=O)Nc1cccc(C(=O)NCC(C)CC(C)O)c1. The van der Waals surface area contributed by atoms with Gasteiger partial charge < -0.3 is 15.7 Å². The van der Waals surface area contributed by atoms with E-state index in [4.69, 9.17) is 0 Å². The summed E-state index contributed by atoms with van der Waals surface area (Å²) in [4.78, 5) is 23.4. The molecule has 2 unspecified atom stereocenters. The van der Waals surface area contributed by atoms with Gasteiger partial charge in [0.25, 0.3) is 5.91 Å². The second-order valence-electron chi connectivity index (χ2n) is 5.38. The molecule has 5 heteroatoms. The highest BCUT2D eigenvalue weighted by molar-refractivity contribution is 5.97. The fraction of sp³-hybridized carbons (Fsp3) is 0.500. The van der Waals surface area contributed by atoms with Crippen molar-refractivity contribution in [2.75, 3.05) is 11.9 Å². The molecule has 0 radical (unpaired) electrons. The quantitative estimate of drug-likeness (QED) is 0.720. The van der Waals surface area contributed by atoms with Crippen LogP contribution in [-0.2, 0) is 4.79 Å². The summed E-state index contributed by atoms with van der Waals surface area (Å²) < 4.78 is 0. The van der Waals surface area contributed by atoms with Crippen molar-refractivity contribution < 1.29 is 14.7 Å². The number of carbonyl (C=O) groups is 2. The van der Waals surface area contributed by atoms with E-state index < -0.39 is 0 Å². The molecule has 0 heterocycles. The van der Waals surface area contributed by atoms with Crippen molar-refractivity contribution in [2.24, 2.45) is 5.92 Å². The van der Waals surface area contributed by atoms with Crippen LogP contribution < -0.4 is 10.6 Å². The molecule has 0 aliphatic carbocycles. The van der Waals surface area contributed by atoms with Crippen LogP contribution in [0.5, 0.6) is 0 Å². The maximum absolute atomic E-state index is 12.1. The average molecular weight is 292 g/mol. The zero-order valence-corrected chi connectivity index (χ0v) is 12.8. The van der Waals surface area contributed by atoms with Gasteiger partial charge in [-0.15, -0.1) is 0 Å². The van der Waals surface area contributed by atoms with Crippen molar-refractivity contribution in [1.82, 2.24) is 5.32 Å². The van der Waals surface area contributed by atoms with Gasteiger partial charge in [0.2, 0.25) is 5.91 Å². The van der Waals surface area contributed by atoms with Gasteiger partial charge in [0, 0.05) is 24.2 Å². The standard InChI is InChI=1S/C16H24N2O3/c1-4-15(20)18-14-7-5-6-13(9-14)16(21)17-10-11(2)8-12(3)19/h5-7,9,11-12,19H,4,8,10H2,1-3H3,(H,17,21)(H,18,20). The normalized spacial score (nSPS) is 13.3. The molecule has 2 atom stereocenters. The molecule has 3 N–H and O–H groups in total. The molecule has 1 rings (SSSR count). The van der Waals surface area contributed by atoms with Crippen LogP contribution in [0.2, 0.25) is 0 Å². The third-order valence-corrected chi connectivity index (χ3v) is 3.08. The van der Waals surface area contributed by atoms with Gasteiger partial charge in [-0.2, -0.15) is 0 Å². The van der Waals surface area contributed by atoms with Crippen molar-refractivity contribution >= 4 is 17.5 Å². The van der Waals surface area contributed by atoms with E-state index >= 15 is 0 Å². The lowest BCUT2D eigenvalue weighted by Gasteiger charge is -2.14. The number of hydrogen-bond donors (Lipinski definition) is 3. The van der Waals surface area contributed by atoms with Crippen LogP contribution in [0, 0.1) is 5.92 Å². The van der Waals surface area contributed by atoms with E-state index in [2.05, 4.69) is 10.6 Å². The van der Waals surface area contributed by atoms with Gasteiger partial charge in [0.15, 0.2) is 0 Å². The molecule has 5 nitrogen and oxygen atoms in total. The molecular formula is C16H24N2O3. The predicted molar refractivity (Wildman–Crippen MR) is 83.2 cm³/mol. The Bertz CT molecular complexity index is 486. The summed E-state index contributed by atoms with van der Waals surface area (Å²) in [6, 6.07) is 6.85. The van der Waals surface area contributed by atoms with E-state index in [1.165, 1.54) is 0 Å². The molecule has 1 aromatic rings. The summed E-state index contributed by atoms with van der Waals surface area (Å²) in [6.07, 6.45) is 0.671. The first-order chi connectivity index (χ1) is 9.92. The molecule has 0 aliphatic heterocycles. The van der Waals surface area contributed by atoms with E-state index in [-0.39, 0.29) is 23.8 Å². The number of hydrogen-bond acceptors (Lipinski definition) is 3. The number of aliphatic hydroxyl groups is 1. The van der Waals surface area contributed by atoms with E-state index in [9.17, 15) is 14.7 Å². The van der Waals surface area contributed by atoms with Crippen LogP contribution in [-0.4, -0.2) is 29.6 Å². The Labute approximate surface area is 125 Å². The summed E-state index contributed by atoms with van der Waals surface area (Å²) in [7, 11) is 0. The lowest BCUT2D eigenvalue weighted by Crippen LogP contribution is -2.29. The molecule has 2 amide bonds. The van der Waals surface area contributed by atoms with Gasteiger partial charge in [-0.25, -0.2) is 0 Å². The average Bonchev–Trinajstić information content (AvgIpc) is 2.44. The molecular weight excluding hydrogens is 268 g/mol. The molecule has 0 saturated carbocycles. The maximum atomic E-state index is 12.1. The van der Waals surface area contributed by atoms with Crippen LogP contribution >= 0.6 is 0 Å². The van der Waals surface area contributed by atoms with Crippen LogP contribution in [0.3, 0.4) is 0 Å². The minimum atomic E-state index is -0.371. The highest BCUT2D eigenvalue weighted by Gasteiger charge is 2.10. The number of benzene rings is 1. The number of rotatable bonds is 7. The van der Waals surface area contributed by atoms with Crippen molar-refractivity contribution in [3.05, 3.63) is 29.8 Å². The maximum Gasteiger partial charge on any atom is 0.251 e. The monoisotopic (exact) mass is 292 g/mol.